The fourth-order valence-electron chi connectivity index (χ4n) is 2.54. The first kappa shape index (κ1) is 22.6. The SMILES string of the molecule is CCCCCc1nnc(NC(=O)C(NC(=O)c2ccc(Cl)cc2Cl)C(C)C)s1. The summed E-state index contributed by atoms with van der Waals surface area (Å²) < 4.78 is 0. The van der Waals surface area contributed by atoms with Gasteiger partial charge in [0, 0.05) is 11.4 Å². The molecule has 2 aromatic rings. The predicted octanol–water partition coefficient (Wildman–Crippen LogP) is 4.97. The Hall–Kier alpha value is -1.70. The number of hydrogen-bond acceptors (Lipinski definition) is 5. The van der Waals surface area contributed by atoms with Crippen molar-refractivity contribution in [2.24, 2.45) is 5.92 Å². The number of nitrogens with one attached hydrogen (secondary N) is 2. The average molecular weight is 443 g/mol. The van der Waals surface area contributed by atoms with E-state index in [9.17, 15) is 9.59 Å². The number of carbonyl (C=O) groups is 2. The van der Waals surface area contributed by atoms with Crippen LogP contribution in [0.4, 0.5) is 5.13 Å². The molecule has 0 radical (unpaired) electrons. The molecular weight excluding hydrogens is 419 g/mol. The van der Waals surface area contributed by atoms with E-state index in [0.29, 0.717) is 10.2 Å². The molecule has 1 aromatic heterocycles. The topological polar surface area (TPSA) is 84.0 Å². The average Bonchev–Trinajstić information content (AvgIpc) is 3.06. The number of aryl methyl sites for hydroxylation is 1. The number of rotatable bonds is 9. The Morgan fingerprint density at radius 1 is 1.18 bits per heavy atom. The van der Waals surface area contributed by atoms with Crippen LogP contribution in [0, 0.1) is 5.92 Å². The van der Waals surface area contributed by atoms with E-state index in [-0.39, 0.29) is 22.4 Å². The van der Waals surface area contributed by atoms with Crippen molar-refractivity contribution in [3.05, 3.63) is 38.8 Å². The lowest BCUT2D eigenvalue weighted by atomic mass is 10.0. The maximum atomic E-state index is 12.7. The molecule has 1 unspecified atom stereocenters. The van der Waals surface area contributed by atoms with Crippen LogP contribution in [0.5, 0.6) is 0 Å². The highest BCUT2D eigenvalue weighted by Crippen LogP contribution is 2.22. The highest BCUT2D eigenvalue weighted by Gasteiger charge is 2.26. The second kappa shape index (κ2) is 10.7. The van der Waals surface area contributed by atoms with Crippen molar-refractivity contribution >= 4 is 51.5 Å². The summed E-state index contributed by atoms with van der Waals surface area (Å²) in [5, 5.41) is 15.6. The van der Waals surface area contributed by atoms with Gasteiger partial charge in [-0.1, -0.05) is 68.2 Å². The highest BCUT2D eigenvalue weighted by molar-refractivity contribution is 7.15. The normalized spacial score (nSPS) is 12.1. The fraction of sp³-hybridized carbons (Fsp3) is 0.474. The minimum absolute atomic E-state index is 0.132. The first-order valence-corrected chi connectivity index (χ1v) is 10.8. The van der Waals surface area contributed by atoms with Gasteiger partial charge in [0.05, 0.1) is 10.6 Å². The Morgan fingerprint density at radius 3 is 2.57 bits per heavy atom. The fourth-order valence-corrected chi connectivity index (χ4v) is 3.82. The zero-order valence-corrected chi connectivity index (χ0v) is 18.4. The molecule has 0 aliphatic heterocycles. The number of benzene rings is 1. The number of anilines is 1. The Bertz CT molecular complexity index is 826. The molecule has 1 heterocycles. The maximum Gasteiger partial charge on any atom is 0.253 e. The van der Waals surface area contributed by atoms with Gasteiger partial charge in [0.1, 0.15) is 11.0 Å². The van der Waals surface area contributed by atoms with E-state index in [4.69, 9.17) is 23.2 Å². The number of carbonyl (C=O) groups excluding carboxylic acids is 2. The number of amides is 2. The van der Waals surface area contributed by atoms with Crippen LogP contribution in [0.3, 0.4) is 0 Å². The van der Waals surface area contributed by atoms with E-state index in [0.717, 1.165) is 30.7 Å². The number of unbranched alkanes of at least 4 members (excludes halogenated alkanes) is 2. The first-order valence-electron chi connectivity index (χ1n) is 9.21. The van der Waals surface area contributed by atoms with Crippen LogP contribution in [-0.4, -0.2) is 28.1 Å². The number of nitrogens with zero attached hydrogens (tertiary/aromatic N) is 2. The quantitative estimate of drug-likeness (QED) is 0.536. The van der Waals surface area contributed by atoms with Gasteiger partial charge in [0.2, 0.25) is 11.0 Å². The molecule has 2 N–H and O–H groups in total. The van der Waals surface area contributed by atoms with Gasteiger partial charge in [-0.15, -0.1) is 10.2 Å². The summed E-state index contributed by atoms with van der Waals surface area (Å²) in [6.07, 6.45) is 4.16. The van der Waals surface area contributed by atoms with Gasteiger partial charge in [-0.25, -0.2) is 0 Å². The van der Waals surface area contributed by atoms with Crippen molar-refractivity contribution < 1.29 is 9.59 Å². The zero-order valence-electron chi connectivity index (χ0n) is 16.1. The van der Waals surface area contributed by atoms with Crippen LogP contribution < -0.4 is 10.6 Å². The van der Waals surface area contributed by atoms with Crippen LogP contribution in [0.15, 0.2) is 18.2 Å². The third-order valence-electron chi connectivity index (χ3n) is 4.10. The molecule has 1 atom stereocenters. The lowest BCUT2D eigenvalue weighted by Crippen LogP contribution is -2.47. The van der Waals surface area contributed by atoms with Crippen LogP contribution in [-0.2, 0) is 11.2 Å². The zero-order chi connectivity index (χ0) is 20.7. The summed E-state index contributed by atoms with van der Waals surface area (Å²) in [6, 6.07) is 3.85. The molecule has 152 valence electrons. The molecule has 0 bridgehead atoms. The van der Waals surface area contributed by atoms with Crippen LogP contribution in [0.25, 0.3) is 0 Å². The molecule has 0 saturated carbocycles. The molecule has 2 rings (SSSR count). The lowest BCUT2D eigenvalue weighted by Gasteiger charge is -2.21. The van der Waals surface area contributed by atoms with Gasteiger partial charge in [-0.3, -0.25) is 14.9 Å². The number of aromatic nitrogens is 2. The van der Waals surface area contributed by atoms with Crippen molar-refractivity contribution in [1.29, 1.82) is 0 Å². The van der Waals surface area contributed by atoms with Gasteiger partial charge in [-0.05, 0) is 30.5 Å². The molecule has 0 aliphatic carbocycles. The lowest BCUT2D eigenvalue weighted by molar-refractivity contribution is -0.118. The van der Waals surface area contributed by atoms with Gasteiger partial charge >= 0.3 is 0 Å². The minimum Gasteiger partial charge on any atom is -0.340 e. The molecule has 2 amide bonds. The van der Waals surface area contributed by atoms with Crippen LogP contribution in [0.2, 0.25) is 10.0 Å². The van der Waals surface area contributed by atoms with E-state index < -0.39 is 11.9 Å². The molecule has 1 aromatic carbocycles. The summed E-state index contributed by atoms with van der Waals surface area (Å²) in [7, 11) is 0. The smallest absolute Gasteiger partial charge is 0.253 e. The standard InChI is InChI=1S/C19H24Cl2N4O2S/c1-4-5-6-7-15-24-25-19(28-15)23-18(27)16(11(2)3)22-17(26)13-9-8-12(20)10-14(13)21/h8-11,16H,4-7H2,1-3H3,(H,22,26)(H,23,25,27). The van der Waals surface area contributed by atoms with E-state index in [1.807, 2.05) is 13.8 Å². The second-order valence-corrected chi connectivity index (χ2v) is 8.67. The van der Waals surface area contributed by atoms with E-state index in [1.54, 1.807) is 6.07 Å². The van der Waals surface area contributed by atoms with Crippen molar-refractivity contribution in [1.82, 2.24) is 15.5 Å². The third kappa shape index (κ3) is 6.43. The molecule has 6 nitrogen and oxygen atoms in total. The van der Waals surface area contributed by atoms with E-state index in [1.165, 1.54) is 23.5 Å². The molecule has 0 fully saturated rings. The van der Waals surface area contributed by atoms with Crippen LogP contribution >= 0.6 is 34.5 Å². The molecular formula is C19H24Cl2N4O2S. The summed E-state index contributed by atoms with van der Waals surface area (Å²) in [5.41, 5.74) is 0.263. The monoisotopic (exact) mass is 442 g/mol. The van der Waals surface area contributed by atoms with E-state index >= 15 is 0 Å². The maximum absolute atomic E-state index is 12.7. The molecule has 9 heteroatoms. The van der Waals surface area contributed by atoms with Crippen LogP contribution in [0.1, 0.15) is 55.4 Å². The number of halogens is 2. The molecule has 0 saturated heterocycles. The van der Waals surface area contributed by atoms with Gasteiger partial charge < -0.3 is 5.32 Å². The summed E-state index contributed by atoms with van der Waals surface area (Å²) in [4.78, 5) is 25.2. The summed E-state index contributed by atoms with van der Waals surface area (Å²) in [6.45, 7) is 5.85. The third-order valence-corrected chi connectivity index (χ3v) is 5.55. The molecule has 28 heavy (non-hydrogen) atoms. The van der Waals surface area contributed by atoms with Crippen molar-refractivity contribution in [3.8, 4) is 0 Å². The summed E-state index contributed by atoms with van der Waals surface area (Å²) >= 11 is 13.3. The van der Waals surface area contributed by atoms with Crippen molar-refractivity contribution in [2.75, 3.05) is 5.32 Å². The Labute approximate surface area is 179 Å². The molecule has 0 aliphatic rings. The van der Waals surface area contributed by atoms with Gasteiger partial charge in [-0.2, -0.15) is 0 Å². The first-order chi connectivity index (χ1) is 13.3. The second-order valence-electron chi connectivity index (χ2n) is 6.77. The Morgan fingerprint density at radius 2 is 1.93 bits per heavy atom. The summed E-state index contributed by atoms with van der Waals surface area (Å²) in [5.74, 6) is -0.912. The number of hydrogen-bond donors (Lipinski definition) is 2. The van der Waals surface area contributed by atoms with E-state index in [2.05, 4.69) is 27.8 Å². The predicted molar refractivity (Wildman–Crippen MR) is 114 cm³/mol. The Kier molecular flexibility index (Phi) is 8.66. The van der Waals surface area contributed by atoms with Gasteiger partial charge in [0.15, 0.2) is 0 Å². The van der Waals surface area contributed by atoms with Crippen molar-refractivity contribution in [3.63, 3.8) is 0 Å². The largest absolute Gasteiger partial charge is 0.340 e. The highest BCUT2D eigenvalue weighted by atomic mass is 35.5. The Balaban J connectivity index is 2.02. The van der Waals surface area contributed by atoms with Crippen molar-refractivity contribution in [2.45, 2.75) is 52.5 Å². The minimum atomic E-state index is -0.744. The molecule has 0 spiro atoms. The van der Waals surface area contributed by atoms with Gasteiger partial charge in [0.25, 0.3) is 5.91 Å².